The Hall–Kier alpha value is -1.54. The van der Waals surface area contributed by atoms with Gasteiger partial charge in [0.05, 0.1) is 0 Å². The predicted molar refractivity (Wildman–Crippen MR) is 54.1 cm³/mol. The first-order valence-corrected chi connectivity index (χ1v) is 6.91. The Morgan fingerprint density at radius 3 is 0.758 bits per heavy atom. The van der Waals surface area contributed by atoms with Crippen LogP contribution >= 0.6 is 0 Å². The summed E-state index contributed by atoms with van der Waals surface area (Å²) in [6, 6.07) is 0. The molecule has 0 spiro atoms. The van der Waals surface area contributed by atoms with E-state index in [1.165, 1.54) is 0 Å². The van der Waals surface area contributed by atoms with Gasteiger partial charge in [0.15, 0.2) is 0 Å². The lowest BCUT2D eigenvalue weighted by Gasteiger charge is -2.60. The molecule has 0 aliphatic heterocycles. The Labute approximate surface area is 163 Å². The highest BCUT2D eigenvalue weighted by Gasteiger charge is 3.12. The van der Waals surface area contributed by atoms with E-state index in [2.05, 4.69) is 0 Å². The van der Waals surface area contributed by atoms with Crippen LogP contribution in [0, 0.1) is 5.41 Å². The first kappa shape index (κ1) is 29.5. The lowest BCUT2D eigenvalue weighted by Crippen LogP contribution is -2.91. The average molecular weight is 550 g/mol. The summed E-state index contributed by atoms with van der Waals surface area (Å²) in [5.41, 5.74) is -9.90. The Balaban J connectivity index is 4.67. The fourth-order valence-corrected chi connectivity index (χ4v) is 2.87. The van der Waals surface area contributed by atoms with Gasteiger partial charge >= 0.3 is 59.7 Å². The molecule has 22 heteroatoms. The Bertz CT molecular complexity index is 745. The van der Waals surface area contributed by atoms with E-state index in [0.29, 0.717) is 0 Å². The van der Waals surface area contributed by atoms with Gasteiger partial charge in [-0.25, -0.2) is 0 Å². The van der Waals surface area contributed by atoms with Crippen molar-refractivity contribution in [3.8, 4) is 0 Å². The van der Waals surface area contributed by atoms with Crippen LogP contribution in [0.5, 0.6) is 0 Å². The largest absolute Gasteiger partial charge is 0.459 e. The number of alkyl halides is 22. The van der Waals surface area contributed by atoms with Gasteiger partial charge in [-0.15, -0.1) is 0 Å². The molecular weight excluding hydrogens is 550 g/mol. The minimum Gasteiger partial charge on any atom is -0.198 e. The zero-order valence-corrected chi connectivity index (χ0v) is 13.8. The average Bonchev–Trinajstić information content (AvgIpc) is 2.50. The smallest absolute Gasteiger partial charge is 0.198 e. The van der Waals surface area contributed by atoms with Crippen LogP contribution in [0.4, 0.5) is 96.6 Å². The van der Waals surface area contributed by atoms with E-state index in [9.17, 15) is 96.6 Å². The maximum absolute atomic E-state index is 13.9. The van der Waals surface area contributed by atoms with E-state index in [4.69, 9.17) is 0 Å². The summed E-state index contributed by atoms with van der Waals surface area (Å²) in [6.07, 6.45) is -17.2. The van der Waals surface area contributed by atoms with Crippen molar-refractivity contribution in [1.29, 1.82) is 0 Å². The molecule has 198 valence electrons. The molecule has 33 heavy (non-hydrogen) atoms. The molecule has 1 aliphatic carbocycles. The zero-order valence-electron chi connectivity index (χ0n) is 13.8. The van der Waals surface area contributed by atoms with E-state index in [0.717, 1.165) is 0 Å². The summed E-state index contributed by atoms with van der Waals surface area (Å²) >= 11 is 0. The lowest BCUT2D eigenvalue weighted by molar-refractivity contribution is -0.568. The van der Waals surface area contributed by atoms with Crippen LogP contribution in [0.3, 0.4) is 0 Å². The molecule has 0 heterocycles. The highest BCUT2D eigenvalue weighted by molar-refractivity contribution is 5.34. The standard InChI is InChI=1S/C11F22/c12-2(13)1(5(18,19)10(28,29)30,4(16,17)9(26,27)11(31,32)33)3(14,15)7(22,23)8(24,25)6(2,20)21. The molecule has 0 radical (unpaired) electrons. The van der Waals surface area contributed by atoms with Crippen LogP contribution in [-0.2, 0) is 0 Å². The zero-order chi connectivity index (χ0) is 27.5. The predicted octanol–water partition coefficient (Wildman–Crippen LogP) is 7.19. The fraction of sp³-hybridized carbons (Fsp3) is 1.00. The van der Waals surface area contributed by atoms with Gasteiger partial charge in [0, 0.05) is 0 Å². The van der Waals surface area contributed by atoms with E-state index >= 15 is 0 Å². The molecule has 0 saturated heterocycles. The topological polar surface area (TPSA) is 0 Å². The minimum atomic E-state index is -9.90. The molecule has 0 amide bonds. The molecule has 0 aromatic carbocycles. The lowest BCUT2D eigenvalue weighted by atomic mass is 9.55. The molecule has 1 aliphatic rings. The normalized spacial score (nSPS) is 26.7. The van der Waals surface area contributed by atoms with Crippen molar-refractivity contribution in [2.45, 2.75) is 59.7 Å². The van der Waals surface area contributed by atoms with Gasteiger partial charge in [0.2, 0.25) is 0 Å². The summed E-state index contributed by atoms with van der Waals surface area (Å²) in [4.78, 5) is 0. The van der Waals surface area contributed by atoms with Gasteiger partial charge in [-0.2, -0.15) is 96.6 Å². The highest BCUT2D eigenvalue weighted by Crippen LogP contribution is 2.81. The first-order valence-electron chi connectivity index (χ1n) is 6.91. The Morgan fingerprint density at radius 1 is 0.303 bits per heavy atom. The van der Waals surface area contributed by atoms with Crippen molar-refractivity contribution in [3.63, 3.8) is 0 Å². The van der Waals surface area contributed by atoms with E-state index in [1.54, 1.807) is 0 Å². The molecular formula is C11F22. The van der Waals surface area contributed by atoms with E-state index < -0.39 is 65.1 Å². The molecule has 0 N–H and O–H groups in total. The highest BCUT2D eigenvalue weighted by atomic mass is 19.4. The van der Waals surface area contributed by atoms with Crippen LogP contribution in [0.1, 0.15) is 0 Å². The van der Waals surface area contributed by atoms with Crippen molar-refractivity contribution < 1.29 is 96.6 Å². The SMILES string of the molecule is FC(F)(F)C(F)(F)C(F)(F)C1(C(F)(F)C(F)(F)F)C(F)(F)C(F)(F)C(F)(F)C(F)(F)C1(F)F. The van der Waals surface area contributed by atoms with Crippen LogP contribution in [0.15, 0.2) is 0 Å². The van der Waals surface area contributed by atoms with Crippen molar-refractivity contribution in [3.05, 3.63) is 0 Å². The van der Waals surface area contributed by atoms with Crippen LogP contribution < -0.4 is 0 Å². The summed E-state index contributed by atoms with van der Waals surface area (Å²) < 4.78 is 290. The summed E-state index contributed by atoms with van der Waals surface area (Å²) in [5.74, 6) is -73.6. The third kappa shape index (κ3) is 2.60. The van der Waals surface area contributed by atoms with Gasteiger partial charge < -0.3 is 0 Å². The number of hydrogen-bond donors (Lipinski definition) is 0. The van der Waals surface area contributed by atoms with Gasteiger partial charge in [0.1, 0.15) is 0 Å². The molecule has 0 unspecified atom stereocenters. The summed E-state index contributed by atoms with van der Waals surface area (Å²) in [6.45, 7) is 0. The number of hydrogen-bond acceptors (Lipinski definition) is 0. The van der Waals surface area contributed by atoms with Crippen molar-refractivity contribution in [2.75, 3.05) is 0 Å². The van der Waals surface area contributed by atoms with Crippen LogP contribution in [0.25, 0.3) is 0 Å². The number of halogens is 22. The van der Waals surface area contributed by atoms with E-state index in [1.807, 2.05) is 0 Å². The monoisotopic (exact) mass is 550 g/mol. The van der Waals surface area contributed by atoms with Gasteiger partial charge in [-0.05, 0) is 0 Å². The summed E-state index contributed by atoms with van der Waals surface area (Å²) in [5, 5.41) is 0. The van der Waals surface area contributed by atoms with Gasteiger partial charge in [-0.1, -0.05) is 0 Å². The molecule has 1 fully saturated rings. The third-order valence-electron chi connectivity index (χ3n) is 4.57. The Kier molecular flexibility index (Phi) is 5.69. The second-order valence-corrected chi connectivity index (χ2v) is 6.34. The molecule has 0 atom stereocenters. The minimum absolute atomic E-state index is 8.46. The molecule has 1 saturated carbocycles. The van der Waals surface area contributed by atoms with Crippen molar-refractivity contribution >= 4 is 0 Å². The molecule has 1 rings (SSSR count). The molecule has 0 aromatic rings. The Morgan fingerprint density at radius 2 is 0.545 bits per heavy atom. The molecule has 0 nitrogen and oxygen atoms in total. The quantitative estimate of drug-likeness (QED) is 0.327. The molecule has 0 bridgehead atoms. The third-order valence-corrected chi connectivity index (χ3v) is 4.57. The maximum atomic E-state index is 13.9. The van der Waals surface area contributed by atoms with Gasteiger partial charge in [-0.3, -0.25) is 0 Å². The van der Waals surface area contributed by atoms with Gasteiger partial charge in [0.25, 0.3) is 5.41 Å². The van der Waals surface area contributed by atoms with Crippen molar-refractivity contribution in [2.24, 2.45) is 5.41 Å². The first-order chi connectivity index (χ1) is 13.8. The number of rotatable bonds is 3. The van der Waals surface area contributed by atoms with Crippen LogP contribution in [0.2, 0.25) is 0 Å². The van der Waals surface area contributed by atoms with E-state index in [-0.39, 0.29) is 0 Å². The second kappa shape index (κ2) is 6.36. The van der Waals surface area contributed by atoms with Crippen molar-refractivity contribution in [1.82, 2.24) is 0 Å². The fourth-order valence-electron chi connectivity index (χ4n) is 2.87. The van der Waals surface area contributed by atoms with Crippen LogP contribution in [-0.4, -0.2) is 59.7 Å². The molecule has 0 aromatic heterocycles. The maximum Gasteiger partial charge on any atom is 0.459 e. The summed E-state index contributed by atoms with van der Waals surface area (Å²) in [7, 11) is 0. The second-order valence-electron chi connectivity index (χ2n) is 6.34.